The first kappa shape index (κ1) is 21.3. The molecular weight excluding hydrogens is 407 g/mol. The Hall–Kier alpha value is -3.94. The molecule has 7 nitrogen and oxygen atoms in total. The van der Waals surface area contributed by atoms with Crippen LogP contribution in [0.3, 0.4) is 0 Å². The van der Waals surface area contributed by atoms with Gasteiger partial charge in [-0.1, -0.05) is 0 Å². The fourth-order valence-electron chi connectivity index (χ4n) is 3.29. The van der Waals surface area contributed by atoms with Gasteiger partial charge in [-0.3, -0.25) is 19.7 Å². The number of hydrogen-bond acceptors (Lipinski definition) is 6. The fourth-order valence-corrected chi connectivity index (χ4v) is 3.29. The number of carbonyl (C=O) groups is 1. The van der Waals surface area contributed by atoms with Crippen molar-refractivity contribution in [2.75, 3.05) is 17.7 Å². The minimum Gasteiger partial charge on any atom is -0.373 e. The fraction of sp³-hybridized carbons (Fsp3) is 0.208. The Morgan fingerprint density at radius 1 is 0.969 bits per heavy atom. The Balaban J connectivity index is 1.63. The van der Waals surface area contributed by atoms with Crippen LogP contribution < -0.4 is 10.6 Å². The number of alkyl halides is 1. The molecule has 4 rings (SSSR count). The lowest BCUT2D eigenvalue weighted by Gasteiger charge is -2.15. The molecule has 0 aliphatic rings. The van der Waals surface area contributed by atoms with E-state index in [1.54, 1.807) is 18.6 Å². The van der Waals surface area contributed by atoms with Crippen LogP contribution in [0.2, 0.25) is 0 Å². The summed E-state index contributed by atoms with van der Waals surface area (Å²) in [6, 6.07) is 7.21. The van der Waals surface area contributed by atoms with E-state index in [4.69, 9.17) is 0 Å². The number of aromatic nitrogens is 4. The first-order valence-electron chi connectivity index (χ1n) is 10.1. The molecule has 0 radical (unpaired) electrons. The Kier molecular flexibility index (Phi) is 5.52. The molecule has 32 heavy (non-hydrogen) atoms. The summed E-state index contributed by atoms with van der Waals surface area (Å²) in [7, 11) is 1.81. The first-order chi connectivity index (χ1) is 15.2. The Morgan fingerprint density at radius 3 is 2.53 bits per heavy atom. The van der Waals surface area contributed by atoms with Crippen molar-refractivity contribution in [2.24, 2.45) is 0 Å². The molecule has 0 fully saturated rings. The monoisotopic (exact) mass is 430 g/mol. The molecule has 0 saturated carbocycles. The summed E-state index contributed by atoms with van der Waals surface area (Å²) in [5.74, 6) is 0.357. The number of amides is 1. The van der Waals surface area contributed by atoms with E-state index in [2.05, 4.69) is 30.6 Å². The summed E-state index contributed by atoms with van der Waals surface area (Å²) in [5.41, 5.74) is 2.86. The molecule has 0 bridgehead atoms. The average Bonchev–Trinajstić information content (AvgIpc) is 2.79. The van der Waals surface area contributed by atoms with Crippen LogP contribution in [0, 0.1) is 6.92 Å². The van der Waals surface area contributed by atoms with E-state index in [0.29, 0.717) is 11.3 Å². The van der Waals surface area contributed by atoms with E-state index in [9.17, 15) is 9.18 Å². The van der Waals surface area contributed by atoms with Crippen LogP contribution in [0.5, 0.6) is 0 Å². The highest BCUT2D eigenvalue weighted by Crippen LogP contribution is 2.28. The Morgan fingerprint density at radius 2 is 1.78 bits per heavy atom. The molecule has 2 N–H and O–H groups in total. The smallest absolute Gasteiger partial charge is 0.257 e. The van der Waals surface area contributed by atoms with Gasteiger partial charge < -0.3 is 10.6 Å². The number of anilines is 2. The van der Waals surface area contributed by atoms with Crippen LogP contribution >= 0.6 is 0 Å². The van der Waals surface area contributed by atoms with Crippen molar-refractivity contribution in [3.63, 3.8) is 0 Å². The highest BCUT2D eigenvalue weighted by molar-refractivity contribution is 6.04. The lowest BCUT2D eigenvalue weighted by molar-refractivity contribution is 0.102. The van der Waals surface area contributed by atoms with E-state index in [-0.39, 0.29) is 11.5 Å². The number of rotatable bonds is 5. The summed E-state index contributed by atoms with van der Waals surface area (Å²) in [5, 5.41) is 6.72. The van der Waals surface area contributed by atoms with Crippen molar-refractivity contribution in [1.29, 1.82) is 0 Å². The molecule has 4 aromatic rings. The number of carbonyl (C=O) groups excluding carboxylic acids is 1. The Labute approximate surface area is 185 Å². The molecule has 0 aliphatic heterocycles. The van der Waals surface area contributed by atoms with Gasteiger partial charge in [0.15, 0.2) is 0 Å². The van der Waals surface area contributed by atoms with E-state index < -0.39 is 5.67 Å². The van der Waals surface area contributed by atoms with Gasteiger partial charge in [0.2, 0.25) is 0 Å². The maximum absolute atomic E-state index is 14.2. The van der Waals surface area contributed by atoms with E-state index in [1.807, 2.05) is 32.2 Å². The van der Waals surface area contributed by atoms with Gasteiger partial charge in [0.25, 0.3) is 5.91 Å². The molecule has 0 atom stereocenters. The lowest BCUT2D eigenvalue weighted by atomic mass is 10.0. The molecule has 0 aliphatic carbocycles. The zero-order chi connectivity index (χ0) is 22.9. The minimum atomic E-state index is -1.59. The molecule has 4 aromatic heterocycles. The number of nitrogens with zero attached hydrogens (tertiary/aromatic N) is 4. The predicted molar refractivity (Wildman–Crippen MR) is 123 cm³/mol. The van der Waals surface area contributed by atoms with Crippen molar-refractivity contribution < 1.29 is 9.18 Å². The molecular formula is C24H23FN6O. The molecule has 0 spiro atoms. The maximum atomic E-state index is 14.2. The van der Waals surface area contributed by atoms with Crippen molar-refractivity contribution >= 4 is 28.3 Å². The summed E-state index contributed by atoms with van der Waals surface area (Å²) >= 11 is 0. The number of fused-ring (bicyclic) bond motifs is 1. The van der Waals surface area contributed by atoms with E-state index >= 15 is 0 Å². The maximum Gasteiger partial charge on any atom is 0.257 e. The third kappa shape index (κ3) is 4.39. The van der Waals surface area contributed by atoms with Crippen molar-refractivity contribution in [3.8, 4) is 11.1 Å². The summed E-state index contributed by atoms with van der Waals surface area (Å²) in [6.45, 7) is 4.74. The van der Waals surface area contributed by atoms with Crippen LogP contribution in [0.25, 0.3) is 22.0 Å². The normalized spacial score (nSPS) is 11.4. The predicted octanol–water partition coefficient (Wildman–Crippen LogP) is 4.89. The number of aryl methyl sites for hydroxylation is 1. The van der Waals surface area contributed by atoms with Gasteiger partial charge in [-0.15, -0.1) is 0 Å². The second-order valence-electron chi connectivity index (χ2n) is 7.98. The average molecular weight is 430 g/mol. The zero-order valence-corrected chi connectivity index (χ0v) is 18.3. The summed E-state index contributed by atoms with van der Waals surface area (Å²) in [4.78, 5) is 30.0. The van der Waals surface area contributed by atoms with Gasteiger partial charge in [-0.05, 0) is 39.0 Å². The largest absolute Gasteiger partial charge is 0.373 e. The number of halogens is 1. The van der Waals surface area contributed by atoms with Gasteiger partial charge in [-0.2, -0.15) is 0 Å². The van der Waals surface area contributed by atoms with Crippen molar-refractivity contribution in [3.05, 3.63) is 72.1 Å². The highest BCUT2D eigenvalue weighted by atomic mass is 19.1. The molecule has 0 unspecified atom stereocenters. The second-order valence-corrected chi connectivity index (χ2v) is 7.98. The lowest BCUT2D eigenvalue weighted by Crippen LogP contribution is -2.16. The van der Waals surface area contributed by atoms with Crippen LogP contribution in [0.1, 0.15) is 35.5 Å². The SMILES string of the molecule is CNc1cc2ncc(-c3cc(NC(=O)c4cncc(C(C)(C)F)c4)cnc3C)cc2cn1. The summed E-state index contributed by atoms with van der Waals surface area (Å²) in [6.07, 6.45) is 7.95. The molecule has 0 aromatic carbocycles. The van der Waals surface area contributed by atoms with Crippen LogP contribution in [0.4, 0.5) is 15.9 Å². The third-order valence-electron chi connectivity index (χ3n) is 5.16. The molecule has 1 amide bonds. The highest BCUT2D eigenvalue weighted by Gasteiger charge is 2.21. The molecule has 162 valence electrons. The van der Waals surface area contributed by atoms with Gasteiger partial charge in [0.05, 0.1) is 23.0 Å². The topological polar surface area (TPSA) is 92.7 Å². The molecule has 8 heteroatoms. The standard InChI is InChI=1S/C24H23FN6O/c1-14-20(15-5-16-11-30-22(26-4)8-21(16)29-10-15)7-19(13-28-14)31-23(32)17-6-18(12-27-9-17)24(2,3)25/h5-13H,1-4H3,(H,26,30)(H,31,32). The third-order valence-corrected chi connectivity index (χ3v) is 5.16. The first-order valence-corrected chi connectivity index (χ1v) is 10.1. The Bertz CT molecular complexity index is 1320. The second kappa shape index (κ2) is 8.30. The van der Waals surface area contributed by atoms with Gasteiger partial charge in [-0.25, -0.2) is 9.37 Å². The molecule has 0 saturated heterocycles. The number of pyridine rings is 4. The number of nitrogens with one attached hydrogen (secondary N) is 2. The summed E-state index contributed by atoms with van der Waals surface area (Å²) < 4.78 is 14.2. The van der Waals surface area contributed by atoms with Crippen LogP contribution in [0.15, 0.2) is 55.2 Å². The quantitative estimate of drug-likeness (QED) is 0.468. The van der Waals surface area contributed by atoms with Gasteiger partial charge >= 0.3 is 0 Å². The minimum absolute atomic E-state index is 0.272. The number of hydrogen-bond donors (Lipinski definition) is 2. The zero-order valence-electron chi connectivity index (χ0n) is 18.3. The van der Waals surface area contributed by atoms with Crippen LogP contribution in [-0.2, 0) is 5.67 Å². The van der Waals surface area contributed by atoms with E-state index in [1.165, 1.54) is 32.3 Å². The van der Waals surface area contributed by atoms with Gasteiger partial charge in [0, 0.05) is 65.7 Å². The van der Waals surface area contributed by atoms with E-state index in [0.717, 1.165) is 33.5 Å². The van der Waals surface area contributed by atoms with Gasteiger partial charge in [0.1, 0.15) is 11.5 Å². The van der Waals surface area contributed by atoms with Crippen molar-refractivity contribution in [2.45, 2.75) is 26.4 Å². The van der Waals surface area contributed by atoms with Crippen molar-refractivity contribution in [1.82, 2.24) is 19.9 Å². The van der Waals surface area contributed by atoms with Crippen LogP contribution in [-0.4, -0.2) is 32.9 Å². The molecule has 4 heterocycles.